The van der Waals surface area contributed by atoms with Crippen LogP contribution in [0.4, 0.5) is 0 Å². The van der Waals surface area contributed by atoms with E-state index in [-0.39, 0.29) is 0 Å². The number of unbranched alkanes of at least 4 members (excludes halogenated alkanes) is 1. The van der Waals surface area contributed by atoms with Gasteiger partial charge in [-0.1, -0.05) is 0 Å². The minimum Gasteiger partial charge on any atom is -0.497 e. The second-order valence-electron chi connectivity index (χ2n) is 5.39. The van der Waals surface area contributed by atoms with Crippen molar-refractivity contribution in [1.29, 1.82) is 0 Å². The zero-order valence-electron chi connectivity index (χ0n) is 13.9. The van der Waals surface area contributed by atoms with Crippen LogP contribution in [0.1, 0.15) is 12.8 Å². The lowest BCUT2D eigenvalue weighted by Crippen LogP contribution is -2.00. The summed E-state index contributed by atoms with van der Waals surface area (Å²) in [5.41, 5.74) is 2.73. The average Bonchev–Trinajstić information content (AvgIpc) is 3.05. The maximum Gasteiger partial charge on any atom is 0.142 e. The Balaban J connectivity index is 1.85. The molecule has 0 saturated carbocycles. The Kier molecular flexibility index (Phi) is 5.59. The summed E-state index contributed by atoms with van der Waals surface area (Å²) in [4.78, 5) is 12.1. The predicted molar refractivity (Wildman–Crippen MR) is 99.0 cm³/mol. The Labute approximate surface area is 145 Å². The van der Waals surface area contributed by atoms with Gasteiger partial charge in [-0.2, -0.15) is 11.8 Å². The van der Waals surface area contributed by atoms with E-state index in [1.165, 1.54) is 0 Å². The summed E-state index contributed by atoms with van der Waals surface area (Å²) in [6.45, 7) is 0.683. The number of nitrogens with zero attached hydrogens (tertiary/aromatic N) is 2. The maximum absolute atomic E-state index is 6.01. The predicted octanol–water partition coefficient (Wildman–Crippen LogP) is 4.16. The van der Waals surface area contributed by atoms with Gasteiger partial charge in [0.2, 0.25) is 0 Å². The first-order valence-electron chi connectivity index (χ1n) is 7.91. The molecule has 3 rings (SSSR count). The molecule has 0 atom stereocenters. The number of hydrogen-bond acceptors (Lipinski definition) is 5. The van der Waals surface area contributed by atoms with Crippen molar-refractivity contribution in [3.8, 4) is 22.9 Å². The van der Waals surface area contributed by atoms with Gasteiger partial charge in [0.25, 0.3) is 0 Å². The zero-order chi connectivity index (χ0) is 16.8. The fraction of sp³-hybridized carbons (Fsp3) is 0.333. The van der Waals surface area contributed by atoms with Crippen molar-refractivity contribution in [2.24, 2.45) is 0 Å². The van der Waals surface area contributed by atoms with E-state index in [0.29, 0.717) is 6.61 Å². The van der Waals surface area contributed by atoms with Crippen LogP contribution >= 0.6 is 11.8 Å². The smallest absolute Gasteiger partial charge is 0.142 e. The first-order valence-corrected chi connectivity index (χ1v) is 9.31. The van der Waals surface area contributed by atoms with Crippen molar-refractivity contribution in [2.45, 2.75) is 12.8 Å². The molecule has 0 unspecified atom stereocenters. The van der Waals surface area contributed by atoms with Gasteiger partial charge >= 0.3 is 0 Å². The van der Waals surface area contributed by atoms with E-state index in [1.807, 2.05) is 36.0 Å². The highest BCUT2D eigenvalue weighted by Gasteiger charge is 2.12. The fourth-order valence-corrected chi connectivity index (χ4v) is 2.95. The molecular formula is C18H21N3O2S. The van der Waals surface area contributed by atoms with Crippen LogP contribution in [0, 0.1) is 0 Å². The first-order chi connectivity index (χ1) is 11.8. The number of fused-ring (bicyclic) bond motifs is 1. The third kappa shape index (κ3) is 3.82. The van der Waals surface area contributed by atoms with Gasteiger partial charge in [0.1, 0.15) is 22.8 Å². The molecule has 0 aliphatic carbocycles. The summed E-state index contributed by atoms with van der Waals surface area (Å²) in [6.07, 6.45) is 7.80. The molecule has 0 bridgehead atoms. The molecule has 2 heterocycles. The lowest BCUT2D eigenvalue weighted by Gasteiger charge is -2.11. The summed E-state index contributed by atoms with van der Waals surface area (Å²) in [6, 6.07) is 7.72. The highest BCUT2D eigenvalue weighted by molar-refractivity contribution is 7.98. The quantitative estimate of drug-likeness (QED) is 0.623. The number of benzene rings is 1. The first kappa shape index (κ1) is 16.6. The number of pyridine rings is 1. The monoisotopic (exact) mass is 343 g/mol. The maximum atomic E-state index is 6.01. The SMILES string of the molecule is COc1ccc(-c2nc3cnccc3[nH]2)c(OCCCCSC)c1. The normalized spacial score (nSPS) is 10.9. The van der Waals surface area contributed by atoms with Gasteiger partial charge < -0.3 is 14.5 Å². The summed E-state index contributed by atoms with van der Waals surface area (Å²) < 4.78 is 11.3. The molecule has 0 radical (unpaired) electrons. The van der Waals surface area contributed by atoms with Crippen molar-refractivity contribution in [2.75, 3.05) is 25.7 Å². The van der Waals surface area contributed by atoms with Gasteiger partial charge in [-0.15, -0.1) is 0 Å². The van der Waals surface area contributed by atoms with Crippen LogP contribution in [-0.2, 0) is 0 Å². The molecular weight excluding hydrogens is 322 g/mol. The van der Waals surface area contributed by atoms with Crippen LogP contribution in [0.3, 0.4) is 0 Å². The van der Waals surface area contributed by atoms with Gasteiger partial charge in [-0.25, -0.2) is 4.98 Å². The Morgan fingerprint density at radius 1 is 1.21 bits per heavy atom. The molecule has 6 heteroatoms. The molecule has 24 heavy (non-hydrogen) atoms. The van der Waals surface area contributed by atoms with Crippen LogP contribution < -0.4 is 9.47 Å². The van der Waals surface area contributed by atoms with Gasteiger partial charge in [0.15, 0.2) is 0 Å². The number of rotatable bonds is 8. The molecule has 3 aromatic rings. The lowest BCUT2D eigenvalue weighted by molar-refractivity contribution is 0.308. The Morgan fingerprint density at radius 2 is 2.12 bits per heavy atom. The Hall–Kier alpha value is -2.21. The number of aromatic amines is 1. The molecule has 0 aliphatic rings. The van der Waals surface area contributed by atoms with Crippen LogP contribution in [0.25, 0.3) is 22.4 Å². The lowest BCUT2D eigenvalue weighted by atomic mass is 10.2. The number of aromatic nitrogens is 3. The summed E-state index contributed by atoms with van der Waals surface area (Å²) >= 11 is 1.86. The molecule has 0 spiro atoms. The minimum absolute atomic E-state index is 0.683. The number of H-pyrrole nitrogens is 1. The molecule has 0 saturated heterocycles. The van der Waals surface area contributed by atoms with Crippen molar-refractivity contribution < 1.29 is 9.47 Å². The number of ether oxygens (including phenoxy) is 2. The number of nitrogens with one attached hydrogen (secondary N) is 1. The van der Waals surface area contributed by atoms with E-state index < -0.39 is 0 Å². The van der Waals surface area contributed by atoms with Crippen LogP contribution in [0.5, 0.6) is 11.5 Å². The topological polar surface area (TPSA) is 60.0 Å². The molecule has 0 fully saturated rings. The summed E-state index contributed by atoms with van der Waals surface area (Å²) in [7, 11) is 1.66. The zero-order valence-corrected chi connectivity index (χ0v) is 14.7. The van der Waals surface area contributed by atoms with Crippen molar-refractivity contribution in [3.63, 3.8) is 0 Å². The third-order valence-corrected chi connectivity index (χ3v) is 4.43. The van der Waals surface area contributed by atoms with E-state index in [4.69, 9.17) is 9.47 Å². The molecule has 0 aliphatic heterocycles. The van der Waals surface area contributed by atoms with E-state index in [2.05, 4.69) is 21.2 Å². The Morgan fingerprint density at radius 3 is 2.92 bits per heavy atom. The average molecular weight is 343 g/mol. The molecule has 1 N–H and O–H groups in total. The molecule has 0 amide bonds. The summed E-state index contributed by atoms with van der Waals surface area (Å²) in [5, 5.41) is 0. The molecule has 5 nitrogen and oxygen atoms in total. The van der Waals surface area contributed by atoms with Crippen LogP contribution in [0.15, 0.2) is 36.7 Å². The van der Waals surface area contributed by atoms with E-state index >= 15 is 0 Å². The van der Waals surface area contributed by atoms with E-state index in [9.17, 15) is 0 Å². The van der Waals surface area contributed by atoms with Gasteiger partial charge in [0, 0.05) is 12.3 Å². The number of thioether (sulfide) groups is 1. The van der Waals surface area contributed by atoms with Crippen LogP contribution in [-0.4, -0.2) is 40.7 Å². The number of imidazole rings is 1. The second kappa shape index (κ2) is 8.06. The number of hydrogen-bond donors (Lipinski definition) is 1. The largest absolute Gasteiger partial charge is 0.497 e. The van der Waals surface area contributed by atoms with Gasteiger partial charge in [-0.3, -0.25) is 4.98 Å². The Bertz CT molecular complexity index is 771. The van der Waals surface area contributed by atoms with Crippen molar-refractivity contribution in [3.05, 3.63) is 36.7 Å². The highest BCUT2D eigenvalue weighted by atomic mass is 32.2. The molecule has 1 aromatic carbocycles. The van der Waals surface area contributed by atoms with Gasteiger partial charge in [0.05, 0.1) is 31.0 Å². The van der Waals surface area contributed by atoms with Crippen LogP contribution in [0.2, 0.25) is 0 Å². The van der Waals surface area contributed by atoms with Crippen molar-refractivity contribution >= 4 is 22.8 Å². The van der Waals surface area contributed by atoms with Gasteiger partial charge in [-0.05, 0) is 43.0 Å². The van der Waals surface area contributed by atoms with E-state index in [0.717, 1.165) is 52.5 Å². The molecule has 126 valence electrons. The second-order valence-corrected chi connectivity index (χ2v) is 6.37. The minimum atomic E-state index is 0.683. The molecule has 2 aromatic heterocycles. The van der Waals surface area contributed by atoms with E-state index in [1.54, 1.807) is 19.5 Å². The van der Waals surface area contributed by atoms with Crippen molar-refractivity contribution in [1.82, 2.24) is 15.0 Å². The third-order valence-electron chi connectivity index (χ3n) is 3.73. The number of methoxy groups -OCH3 is 1. The highest BCUT2D eigenvalue weighted by Crippen LogP contribution is 2.33. The standard InChI is InChI=1S/C18H21N3O2S/c1-22-13-5-6-14(17(11-13)23-9-3-4-10-24-2)18-20-15-7-8-19-12-16(15)21-18/h5-8,11-12H,3-4,9-10H2,1-2H3,(H,20,21). The fourth-order valence-electron chi connectivity index (χ4n) is 2.46. The summed E-state index contributed by atoms with van der Waals surface area (Å²) in [5.74, 6) is 3.49.